The smallest absolute Gasteiger partial charge is 0.324 e. The molecule has 220 valence electrons. The fraction of sp³-hybridized carbons (Fsp3) is 0.0588. The molecular formula is C34H26N2O6S2. The van der Waals surface area contributed by atoms with Crippen molar-refractivity contribution < 1.29 is 28.2 Å². The van der Waals surface area contributed by atoms with Gasteiger partial charge in [-0.1, -0.05) is 97.1 Å². The molecule has 6 aromatic rings. The molecule has 0 amide bonds. The SMILES string of the molecule is O=C(O)CN(Sc1cccc2ccccc12)c1ccc(N(CC(=O)O)S(=O)(=O)c2cccc3ccccc23)c2ccccc12. The maximum atomic E-state index is 14.2. The van der Waals surface area contributed by atoms with E-state index in [0.717, 1.165) is 20.0 Å². The van der Waals surface area contributed by atoms with E-state index in [9.17, 15) is 28.2 Å². The van der Waals surface area contributed by atoms with Gasteiger partial charge in [-0.2, -0.15) is 0 Å². The molecular weight excluding hydrogens is 597 g/mol. The molecule has 0 radical (unpaired) electrons. The molecule has 10 heteroatoms. The minimum atomic E-state index is -4.35. The molecule has 8 nitrogen and oxygen atoms in total. The van der Waals surface area contributed by atoms with Crippen molar-refractivity contribution in [3.05, 3.63) is 121 Å². The zero-order valence-corrected chi connectivity index (χ0v) is 24.8. The van der Waals surface area contributed by atoms with Crippen molar-refractivity contribution in [3.8, 4) is 0 Å². The molecule has 0 aliphatic carbocycles. The second-order valence-electron chi connectivity index (χ2n) is 10.0. The molecule has 0 saturated heterocycles. The van der Waals surface area contributed by atoms with Gasteiger partial charge in [0.15, 0.2) is 0 Å². The Bertz CT molecular complexity index is 2160. The van der Waals surface area contributed by atoms with E-state index in [-0.39, 0.29) is 17.1 Å². The third-order valence-electron chi connectivity index (χ3n) is 7.25. The summed E-state index contributed by atoms with van der Waals surface area (Å²) >= 11 is 1.27. The zero-order valence-electron chi connectivity index (χ0n) is 23.2. The third kappa shape index (κ3) is 5.52. The lowest BCUT2D eigenvalue weighted by Gasteiger charge is -2.28. The molecule has 0 aliphatic heterocycles. The number of nitrogens with zero attached hydrogens (tertiary/aromatic N) is 2. The fourth-order valence-electron chi connectivity index (χ4n) is 5.35. The number of carbonyl (C=O) groups is 2. The molecule has 0 fully saturated rings. The Labute approximate surface area is 258 Å². The Morgan fingerprint density at radius 2 is 1.07 bits per heavy atom. The molecule has 0 bridgehead atoms. The summed E-state index contributed by atoms with van der Waals surface area (Å²) in [6, 6.07) is 35.7. The summed E-state index contributed by atoms with van der Waals surface area (Å²) in [5, 5.41) is 23.9. The molecule has 0 atom stereocenters. The van der Waals surface area contributed by atoms with Gasteiger partial charge in [0.05, 0.1) is 16.3 Å². The Balaban J connectivity index is 1.51. The highest BCUT2D eigenvalue weighted by atomic mass is 32.2. The second-order valence-corrected chi connectivity index (χ2v) is 12.9. The molecule has 0 heterocycles. The van der Waals surface area contributed by atoms with Gasteiger partial charge in [0.1, 0.15) is 13.1 Å². The highest BCUT2D eigenvalue weighted by Gasteiger charge is 2.30. The number of aliphatic carboxylic acids is 2. The monoisotopic (exact) mass is 622 g/mol. The van der Waals surface area contributed by atoms with E-state index in [4.69, 9.17) is 0 Å². The van der Waals surface area contributed by atoms with Gasteiger partial charge in [0.25, 0.3) is 10.0 Å². The Hall–Kier alpha value is -5.06. The predicted molar refractivity (Wildman–Crippen MR) is 175 cm³/mol. The summed E-state index contributed by atoms with van der Waals surface area (Å²) in [4.78, 5) is 25.0. The molecule has 0 aromatic heterocycles. The van der Waals surface area contributed by atoms with E-state index in [1.54, 1.807) is 77.1 Å². The Morgan fingerprint density at radius 3 is 1.73 bits per heavy atom. The summed E-state index contributed by atoms with van der Waals surface area (Å²) in [6.07, 6.45) is 0. The zero-order chi connectivity index (χ0) is 30.8. The third-order valence-corrected chi connectivity index (χ3v) is 10.2. The minimum Gasteiger partial charge on any atom is -0.480 e. The van der Waals surface area contributed by atoms with Crippen LogP contribution in [0.2, 0.25) is 0 Å². The van der Waals surface area contributed by atoms with Crippen LogP contribution in [0.4, 0.5) is 11.4 Å². The van der Waals surface area contributed by atoms with E-state index in [2.05, 4.69) is 0 Å². The van der Waals surface area contributed by atoms with Gasteiger partial charge in [0, 0.05) is 21.1 Å². The van der Waals surface area contributed by atoms with Crippen LogP contribution in [0.3, 0.4) is 0 Å². The van der Waals surface area contributed by atoms with Crippen LogP contribution >= 0.6 is 11.9 Å². The first-order chi connectivity index (χ1) is 21.2. The van der Waals surface area contributed by atoms with Crippen LogP contribution in [0.1, 0.15) is 0 Å². The first-order valence-corrected chi connectivity index (χ1v) is 15.8. The van der Waals surface area contributed by atoms with Crippen molar-refractivity contribution >= 4 is 77.6 Å². The van der Waals surface area contributed by atoms with E-state index >= 15 is 0 Å². The number of hydrogen-bond donors (Lipinski definition) is 2. The first kappa shape index (κ1) is 29.0. The lowest BCUT2D eigenvalue weighted by Crippen LogP contribution is -2.36. The van der Waals surface area contributed by atoms with Crippen LogP contribution in [-0.2, 0) is 19.6 Å². The molecule has 6 rings (SSSR count). The lowest BCUT2D eigenvalue weighted by molar-refractivity contribution is -0.136. The van der Waals surface area contributed by atoms with Gasteiger partial charge in [-0.25, -0.2) is 8.42 Å². The number of hydrogen-bond acceptors (Lipinski definition) is 6. The van der Waals surface area contributed by atoms with Crippen LogP contribution in [0.5, 0.6) is 0 Å². The average molecular weight is 623 g/mol. The van der Waals surface area contributed by atoms with E-state index < -0.39 is 28.5 Å². The first-order valence-electron chi connectivity index (χ1n) is 13.6. The van der Waals surface area contributed by atoms with E-state index in [1.807, 2.05) is 42.5 Å². The molecule has 44 heavy (non-hydrogen) atoms. The normalized spacial score (nSPS) is 11.5. The van der Waals surface area contributed by atoms with Crippen molar-refractivity contribution in [3.63, 3.8) is 0 Å². The summed E-state index contributed by atoms with van der Waals surface area (Å²) in [5.74, 6) is -2.36. The molecule has 2 N–H and O–H groups in total. The van der Waals surface area contributed by atoms with Crippen LogP contribution in [0, 0.1) is 0 Å². The predicted octanol–water partition coefficient (Wildman–Crippen LogP) is 7.02. The van der Waals surface area contributed by atoms with Gasteiger partial charge in [-0.15, -0.1) is 0 Å². The Morgan fingerprint density at radius 1 is 0.568 bits per heavy atom. The molecule has 0 aliphatic rings. The van der Waals surface area contributed by atoms with Crippen LogP contribution < -0.4 is 8.61 Å². The van der Waals surface area contributed by atoms with Gasteiger partial charge >= 0.3 is 11.9 Å². The number of sulfonamides is 1. The van der Waals surface area contributed by atoms with Crippen molar-refractivity contribution in [1.82, 2.24) is 0 Å². The molecule has 0 spiro atoms. The standard InChI is InChI=1S/C34H26N2O6S2/c37-33(38)21-35(43-31-17-7-11-23-9-1-3-13-25(23)31)29-19-20-30(28-16-6-5-15-27(28)29)36(22-34(39)40)44(41,42)32-18-8-12-24-10-2-4-14-26(24)32/h1-20H,21-22H2,(H,37,38)(H,39,40). The maximum Gasteiger partial charge on any atom is 0.324 e. The van der Waals surface area contributed by atoms with Crippen LogP contribution in [0.25, 0.3) is 32.3 Å². The number of fused-ring (bicyclic) bond motifs is 3. The van der Waals surface area contributed by atoms with Crippen molar-refractivity contribution in [2.45, 2.75) is 9.79 Å². The molecule has 0 saturated carbocycles. The number of carboxylic acid groups (broad SMARTS) is 2. The van der Waals surface area contributed by atoms with Gasteiger partial charge < -0.3 is 14.5 Å². The van der Waals surface area contributed by atoms with Gasteiger partial charge in [-0.3, -0.25) is 13.9 Å². The van der Waals surface area contributed by atoms with E-state index in [1.165, 1.54) is 18.0 Å². The van der Waals surface area contributed by atoms with Crippen LogP contribution in [-0.4, -0.2) is 43.7 Å². The summed E-state index contributed by atoms with van der Waals surface area (Å²) in [6.45, 7) is -1.15. The summed E-state index contributed by atoms with van der Waals surface area (Å²) in [7, 11) is -4.35. The number of benzene rings is 6. The summed E-state index contributed by atoms with van der Waals surface area (Å²) in [5.41, 5.74) is 0.715. The van der Waals surface area contributed by atoms with Crippen molar-refractivity contribution in [2.24, 2.45) is 0 Å². The fourth-order valence-corrected chi connectivity index (χ4v) is 8.09. The highest BCUT2D eigenvalue weighted by Crippen LogP contribution is 2.41. The summed E-state index contributed by atoms with van der Waals surface area (Å²) < 4.78 is 31.0. The van der Waals surface area contributed by atoms with E-state index in [0.29, 0.717) is 27.2 Å². The van der Waals surface area contributed by atoms with Gasteiger partial charge in [-0.05, 0) is 52.4 Å². The lowest BCUT2D eigenvalue weighted by atomic mass is 10.1. The van der Waals surface area contributed by atoms with Crippen molar-refractivity contribution in [1.29, 1.82) is 0 Å². The topological polar surface area (TPSA) is 115 Å². The second kappa shape index (κ2) is 11.9. The highest BCUT2D eigenvalue weighted by molar-refractivity contribution is 8.01. The largest absolute Gasteiger partial charge is 0.480 e. The van der Waals surface area contributed by atoms with Gasteiger partial charge in [0.2, 0.25) is 0 Å². The number of anilines is 2. The minimum absolute atomic E-state index is 0.0102. The molecule has 6 aromatic carbocycles. The maximum absolute atomic E-state index is 14.2. The molecule has 0 unspecified atom stereocenters. The number of carboxylic acids is 2. The van der Waals surface area contributed by atoms with Crippen LogP contribution in [0.15, 0.2) is 131 Å². The Kier molecular flexibility index (Phi) is 7.86. The average Bonchev–Trinajstić information content (AvgIpc) is 3.02. The van der Waals surface area contributed by atoms with Crippen molar-refractivity contribution in [2.75, 3.05) is 21.7 Å². The quantitative estimate of drug-likeness (QED) is 0.157. The number of rotatable bonds is 10.